The molecule has 1 saturated heterocycles. The zero-order chi connectivity index (χ0) is 23.8. The lowest BCUT2D eigenvalue weighted by Gasteiger charge is -2.16. The van der Waals surface area contributed by atoms with Crippen molar-refractivity contribution in [3.05, 3.63) is 46.3 Å². The molecule has 1 aromatic carbocycles. The molecule has 1 aliphatic carbocycles. The van der Waals surface area contributed by atoms with Gasteiger partial charge in [0.25, 0.3) is 5.56 Å². The van der Waals surface area contributed by atoms with Gasteiger partial charge in [-0.3, -0.25) is 19.0 Å². The van der Waals surface area contributed by atoms with Crippen LogP contribution in [0.2, 0.25) is 0 Å². The smallest absolute Gasteiger partial charge is 0.262 e. The topological polar surface area (TPSA) is 84.3 Å². The van der Waals surface area contributed by atoms with Gasteiger partial charge in [-0.05, 0) is 63.5 Å². The van der Waals surface area contributed by atoms with Crippen LogP contribution in [0.3, 0.4) is 0 Å². The number of amides is 2. The number of fused-ring (bicyclic) bond motifs is 1. The van der Waals surface area contributed by atoms with Gasteiger partial charge in [0, 0.05) is 32.6 Å². The number of benzene rings is 1. The number of rotatable bonds is 10. The van der Waals surface area contributed by atoms with E-state index in [1.807, 2.05) is 23.1 Å². The molecule has 2 heterocycles. The molecule has 0 saturated carbocycles. The van der Waals surface area contributed by atoms with Gasteiger partial charge >= 0.3 is 0 Å². The Hall–Kier alpha value is -2.61. The second kappa shape index (κ2) is 12.2. The average Bonchev–Trinajstić information content (AvgIpc) is 3.40. The summed E-state index contributed by atoms with van der Waals surface area (Å²) in [4.78, 5) is 44.6. The van der Waals surface area contributed by atoms with Crippen molar-refractivity contribution >= 4 is 34.5 Å². The lowest BCUT2D eigenvalue weighted by molar-refractivity contribution is -0.130. The molecule has 7 nitrogen and oxygen atoms in total. The van der Waals surface area contributed by atoms with Crippen molar-refractivity contribution in [2.24, 2.45) is 0 Å². The number of carbonyl (C=O) groups excluding carboxylic acids is 2. The Bertz CT molecular complexity index is 1100. The summed E-state index contributed by atoms with van der Waals surface area (Å²) in [5.74, 6) is 0.303. The van der Waals surface area contributed by atoms with Crippen LogP contribution in [0.5, 0.6) is 0 Å². The van der Waals surface area contributed by atoms with Gasteiger partial charge in [0.1, 0.15) is 0 Å². The number of nitrogens with zero attached hydrogens (tertiary/aromatic N) is 3. The number of likely N-dealkylation sites (tertiary alicyclic amines) is 1. The van der Waals surface area contributed by atoms with Gasteiger partial charge in [0.15, 0.2) is 5.16 Å². The van der Waals surface area contributed by atoms with Crippen molar-refractivity contribution in [2.45, 2.75) is 69.5 Å². The third-order valence-corrected chi connectivity index (χ3v) is 7.52. The molecule has 34 heavy (non-hydrogen) atoms. The molecule has 0 bridgehead atoms. The first-order valence-corrected chi connectivity index (χ1v) is 13.4. The Labute approximate surface area is 205 Å². The first-order valence-electron chi connectivity index (χ1n) is 12.5. The second-order valence-electron chi connectivity index (χ2n) is 9.06. The van der Waals surface area contributed by atoms with E-state index in [4.69, 9.17) is 0 Å². The molecule has 1 aromatic heterocycles. The fraction of sp³-hybridized carbons (Fsp3) is 0.538. The average molecular weight is 483 g/mol. The SMILES string of the molecule is O=C(CSc1nc2ccccc2c(=O)n1CCCC(=O)N1CCCC1)NCCC1=CCCCC1. The second-order valence-corrected chi connectivity index (χ2v) is 10.00. The lowest BCUT2D eigenvalue weighted by atomic mass is 9.97. The monoisotopic (exact) mass is 482 g/mol. The van der Waals surface area contributed by atoms with E-state index in [0.29, 0.717) is 42.0 Å². The minimum atomic E-state index is -0.119. The molecular weight excluding hydrogens is 448 g/mol. The Kier molecular flexibility index (Phi) is 8.79. The number of carbonyl (C=O) groups is 2. The van der Waals surface area contributed by atoms with E-state index in [0.717, 1.165) is 45.2 Å². The maximum absolute atomic E-state index is 13.2. The highest BCUT2D eigenvalue weighted by Gasteiger charge is 2.18. The summed E-state index contributed by atoms with van der Waals surface area (Å²) < 4.78 is 1.63. The highest BCUT2D eigenvalue weighted by atomic mass is 32.2. The Morgan fingerprint density at radius 3 is 2.71 bits per heavy atom. The highest BCUT2D eigenvalue weighted by Crippen LogP contribution is 2.20. The summed E-state index contributed by atoms with van der Waals surface area (Å²) in [5.41, 5.74) is 1.95. The van der Waals surface area contributed by atoms with Gasteiger partial charge in [0.05, 0.1) is 16.7 Å². The molecule has 0 unspecified atom stereocenters. The molecule has 0 spiro atoms. The maximum atomic E-state index is 13.2. The standard InChI is InChI=1S/C26H34N4O3S/c31-23(27-15-14-20-9-2-1-3-10-20)19-34-26-28-22-12-5-4-11-21(22)25(33)30(26)18-8-13-24(32)29-16-6-7-17-29/h4-5,9,11-12H,1-3,6-8,10,13-19H2,(H,27,31). The number of aromatic nitrogens is 2. The van der Waals surface area contributed by atoms with Crippen LogP contribution in [0.15, 0.2) is 45.9 Å². The van der Waals surface area contributed by atoms with Crippen molar-refractivity contribution in [2.75, 3.05) is 25.4 Å². The van der Waals surface area contributed by atoms with E-state index in [1.165, 1.54) is 30.2 Å². The van der Waals surface area contributed by atoms with Crippen LogP contribution >= 0.6 is 11.8 Å². The Balaban J connectivity index is 1.37. The van der Waals surface area contributed by atoms with E-state index < -0.39 is 0 Å². The predicted octanol–water partition coefficient (Wildman–Crippen LogP) is 3.90. The molecule has 0 radical (unpaired) electrons. The summed E-state index contributed by atoms with van der Waals surface area (Å²) in [7, 11) is 0. The highest BCUT2D eigenvalue weighted by molar-refractivity contribution is 7.99. The Morgan fingerprint density at radius 1 is 1.09 bits per heavy atom. The molecule has 182 valence electrons. The summed E-state index contributed by atoms with van der Waals surface area (Å²) in [5, 5.41) is 4.08. The largest absolute Gasteiger partial charge is 0.355 e. The number of hydrogen-bond donors (Lipinski definition) is 1. The van der Waals surface area contributed by atoms with E-state index in [-0.39, 0.29) is 23.1 Å². The van der Waals surface area contributed by atoms with Gasteiger partial charge in [-0.2, -0.15) is 0 Å². The van der Waals surface area contributed by atoms with Crippen molar-refractivity contribution in [3.8, 4) is 0 Å². The summed E-state index contributed by atoms with van der Waals surface area (Å²) >= 11 is 1.28. The Morgan fingerprint density at radius 2 is 1.91 bits per heavy atom. The summed E-state index contributed by atoms with van der Waals surface area (Å²) in [6.07, 6.45) is 11.1. The molecule has 0 atom stereocenters. The normalized spacial score (nSPS) is 16.0. The zero-order valence-electron chi connectivity index (χ0n) is 19.8. The molecule has 2 amide bonds. The van der Waals surface area contributed by atoms with Crippen LogP contribution in [-0.2, 0) is 16.1 Å². The van der Waals surface area contributed by atoms with Crippen LogP contribution in [0.1, 0.15) is 57.8 Å². The molecule has 4 rings (SSSR count). The number of thioether (sulfide) groups is 1. The number of nitrogens with one attached hydrogen (secondary N) is 1. The summed E-state index contributed by atoms with van der Waals surface area (Å²) in [6, 6.07) is 7.28. The third-order valence-electron chi connectivity index (χ3n) is 6.54. The van der Waals surface area contributed by atoms with Crippen molar-refractivity contribution < 1.29 is 9.59 Å². The molecule has 2 aliphatic rings. The molecular formula is C26H34N4O3S. The van der Waals surface area contributed by atoms with Crippen molar-refractivity contribution in [1.82, 2.24) is 19.8 Å². The van der Waals surface area contributed by atoms with E-state index in [9.17, 15) is 14.4 Å². The number of hydrogen-bond acceptors (Lipinski definition) is 5. The molecule has 2 aromatic rings. The van der Waals surface area contributed by atoms with Gasteiger partial charge in [-0.25, -0.2) is 4.98 Å². The van der Waals surface area contributed by atoms with Crippen LogP contribution in [-0.4, -0.2) is 51.7 Å². The van der Waals surface area contributed by atoms with Crippen LogP contribution < -0.4 is 10.9 Å². The maximum Gasteiger partial charge on any atom is 0.262 e. The quantitative estimate of drug-likeness (QED) is 0.315. The first kappa shape index (κ1) is 24.5. The first-order chi connectivity index (χ1) is 16.6. The molecule has 8 heteroatoms. The van der Waals surface area contributed by atoms with Crippen LogP contribution in [0.25, 0.3) is 10.9 Å². The zero-order valence-corrected chi connectivity index (χ0v) is 20.6. The van der Waals surface area contributed by atoms with E-state index >= 15 is 0 Å². The minimum absolute atomic E-state index is 0.0559. The van der Waals surface area contributed by atoms with Crippen LogP contribution in [0.4, 0.5) is 0 Å². The molecule has 1 N–H and O–H groups in total. The van der Waals surface area contributed by atoms with Crippen LogP contribution in [0, 0.1) is 0 Å². The summed E-state index contributed by atoms with van der Waals surface area (Å²) in [6.45, 7) is 2.73. The molecule has 1 aliphatic heterocycles. The number of allylic oxidation sites excluding steroid dienone is 1. The van der Waals surface area contributed by atoms with Crippen molar-refractivity contribution in [3.63, 3.8) is 0 Å². The predicted molar refractivity (Wildman–Crippen MR) is 136 cm³/mol. The van der Waals surface area contributed by atoms with Gasteiger partial charge in [0.2, 0.25) is 11.8 Å². The van der Waals surface area contributed by atoms with Crippen molar-refractivity contribution in [1.29, 1.82) is 0 Å². The van der Waals surface area contributed by atoms with Gasteiger partial charge < -0.3 is 10.2 Å². The van der Waals surface area contributed by atoms with E-state index in [2.05, 4.69) is 16.4 Å². The third kappa shape index (κ3) is 6.50. The molecule has 1 fully saturated rings. The lowest BCUT2D eigenvalue weighted by Crippen LogP contribution is -2.29. The fourth-order valence-corrected chi connectivity index (χ4v) is 5.50. The number of para-hydroxylation sites is 1. The van der Waals surface area contributed by atoms with Gasteiger partial charge in [-0.15, -0.1) is 0 Å². The minimum Gasteiger partial charge on any atom is -0.355 e. The van der Waals surface area contributed by atoms with Gasteiger partial charge in [-0.1, -0.05) is 35.5 Å². The van der Waals surface area contributed by atoms with E-state index in [1.54, 1.807) is 10.6 Å². The fourth-order valence-electron chi connectivity index (χ4n) is 4.64.